The van der Waals surface area contributed by atoms with Gasteiger partial charge in [0, 0.05) is 31.9 Å². The third-order valence-electron chi connectivity index (χ3n) is 5.42. The van der Waals surface area contributed by atoms with Gasteiger partial charge in [0.1, 0.15) is 5.82 Å². The molecule has 0 radical (unpaired) electrons. The van der Waals surface area contributed by atoms with Crippen LogP contribution in [0.5, 0.6) is 5.75 Å². The lowest BCUT2D eigenvalue weighted by Gasteiger charge is -2.36. The van der Waals surface area contributed by atoms with Gasteiger partial charge in [-0.05, 0) is 42.8 Å². The summed E-state index contributed by atoms with van der Waals surface area (Å²) in [5.74, 6) is -0.418. The molecule has 8 heteroatoms. The number of aryl methyl sites for hydroxylation is 1. The number of anilines is 1. The van der Waals surface area contributed by atoms with E-state index in [4.69, 9.17) is 4.74 Å². The van der Waals surface area contributed by atoms with E-state index < -0.39 is 0 Å². The molecule has 1 fully saturated rings. The summed E-state index contributed by atoms with van der Waals surface area (Å²) >= 11 is 0. The van der Waals surface area contributed by atoms with Crippen molar-refractivity contribution in [1.82, 2.24) is 14.7 Å². The van der Waals surface area contributed by atoms with E-state index in [0.717, 1.165) is 11.3 Å². The molecule has 31 heavy (non-hydrogen) atoms. The minimum absolute atomic E-state index is 0.0978. The highest BCUT2D eigenvalue weighted by Gasteiger charge is 2.27. The number of aromatic nitrogens is 2. The van der Waals surface area contributed by atoms with Crippen molar-refractivity contribution in [3.8, 4) is 11.4 Å². The fourth-order valence-corrected chi connectivity index (χ4v) is 3.69. The Balaban J connectivity index is 1.58. The zero-order valence-electron chi connectivity index (χ0n) is 17.4. The van der Waals surface area contributed by atoms with Crippen molar-refractivity contribution in [2.75, 3.05) is 38.2 Å². The molecule has 2 aromatic carbocycles. The molecule has 1 saturated heterocycles. The van der Waals surface area contributed by atoms with Crippen LogP contribution in [0.3, 0.4) is 0 Å². The number of ether oxygens (including phenoxy) is 1. The molecular formula is C23H23FN4O3. The largest absolute Gasteiger partial charge is 0.494 e. The minimum Gasteiger partial charge on any atom is -0.494 e. The number of amides is 1. The smallest absolute Gasteiger partial charge is 0.278 e. The second kappa shape index (κ2) is 8.59. The van der Waals surface area contributed by atoms with E-state index in [1.54, 1.807) is 23.1 Å². The summed E-state index contributed by atoms with van der Waals surface area (Å²) in [5, 5.41) is 4.37. The van der Waals surface area contributed by atoms with Gasteiger partial charge in [-0.1, -0.05) is 18.2 Å². The number of rotatable bonds is 4. The van der Waals surface area contributed by atoms with E-state index in [-0.39, 0.29) is 28.7 Å². The first-order valence-corrected chi connectivity index (χ1v) is 10.0. The van der Waals surface area contributed by atoms with Gasteiger partial charge in [0.2, 0.25) is 0 Å². The van der Waals surface area contributed by atoms with Gasteiger partial charge < -0.3 is 14.5 Å². The van der Waals surface area contributed by atoms with Crippen LogP contribution in [0.1, 0.15) is 16.1 Å². The van der Waals surface area contributed by atoms with Crippen LogP contribution in [0.15, 0.2) is 59.4 Å². The van der Waals surface area contributed by atoms with Crippen molar-refractivity contribution in [3.63, 3.8) is 0 Å². The van der Waals surface area contributed by atoms with E-state index >= 15 is 0 Å². The van der Waals surface area contributed by atoms with Gasteiger partial charge in [0.05, 0.1) is 18.9 Å². The standard InChI is InChI=1S/C23H23FN4O3/c1-16-5-3-4-6-19(16)28-21(29)15-20(31-2)22(25-28)23(30)27-13-11-26(12-14-27)18-9-7-17(24)8-10-18/h3-10,15H,11-14H2,1-2H3. The molecule has 0 N–H and O–H groups in total. The third kappa shape index (κ3) is 4.14. The Labute approximate surface area is 179 Å². The maximum atomic E-state index is 13.2. The number of hydrogen-bond donors (Lipinski definition) is 0. The molecule has 4 rings (SSSR count). The van der Waals surface area contributed by atoms with Crippen LogP contribution < -0.4 is 15.2 Å². The number of nitrogens with zero attached hydrogens (tertiary/aromatic N) is 4. The normalized spacial score (nSPS) is 13.9. The summed E-state index contributed by atoms with van der Waals surface area (Å²) in [4.78, 5) is 29.6. The summed E-state index contributed by atoms with van der Waals surface area (Å²) in [6.07, 6.45) is 0. The zero-order chi connectivity index (χ0) is 22.0. The Bertz CT molecular complexity index is 1150. The summed E-state index contributed by atoms with van der Waals surface area (Å²) in [6, 6.07) is 15.0. The number of carbonyl (C=O) groups excluding carboxylic acids is 1. The lowest BCUT2D eigenvalue weighted by Crippen LogP contribution is -2.49. The lowest BCUT2D eigenvalue weighted by atomic mass is 10.2. The Hall–Kier alpha value is -3.68. The Morgan fingerprint density at radius 1 is 1.03 bits per heavy atom. The first-order valence-electron chi connectivity index (χ1n) is 10.0. The Morgan fingerprint density at radius 3 is 2.35 bits per heavy atom. The zero-order valence-corrected chi connectivity index (χ0v) is 17.4. The van der Waals surface area contributed by atoms with Crippen LogP contribution in [0.4, 0.5) is 10.1 Å². The van der Waals surface area contributed by atoms with E-state index in [0.29, 0.717) is 31.9 Å². The van der Waals surface area contributed by atoms with Gasteiger partial charge in [-0.25, -0.2) is 4.39 Å². The van der Waals surface area contributed by atoms with Gasteiger partial charge in [0.15, 0.2) is 11.4 Å². The molecular weight excluding hydrogens is 399 g/mol. The molecule has 0 spiro atoms. The predicted octanol–water partition coefficient (Wildman–Crippen LogP) is 2.65. The molecule has 0 aliphatic carbocycles. The molecule has 3 aromatic rings. The molecule has 7 nitrogen and oxygen atoms in total. The fraction of sp³-hybridized carbons (Fsp3) is 0.261. The van der Waals surface area contributed by atoms with Crippen LogP contribution in [0.25, 0.3) is 5.69 Å². The average molecular weight is 422 g/mol. The summed E-state index contributed by atoms with van der Waals surface area (Å²) in [6.45, 7) is 4.05. The van der Waals surface area contributed by atoms with Crippen molar-refractivity contribution < 1.29 is 13.9 Å². The first kappa shape index (κ1) is 20.6. The maximum Gasteiger partial charge on any atom is 0.278 e. The summed E-state index contributed by atoms with van der Waals surface area (Å²) in [7, 11) is 1.41. The van der Waals surface area contributed by atoms with E-state index in [9.17, 15) is 14.0 Å². The van der Waals surface area contributed by atoms with Gasteiger partial charge in [0.25, 0.3) is 11.5 Å². The van der Waals surface area contributed by atoms with E-state index in [2.05, 4.69) is 10.00 Å². The topological polar surface area (TPSA) is 67.7 Å². The number of para-hydroxylation sites is 1. The lowest BCUT2D eigenvalue weighted by molar-refractivity contribution is 0.0734. The van der Waals surface area contributed by atoms with E-state index in [1.165, 1.54) is 30.0 Å². The highest BCUT2D eigenvalue weighted by molar-refractivity contribution is 5.95. The SMILES string of the molecule is COc1cc(=O)n(-c2ccccc2C)nc1C(=O)N1CCN(c2ccc(F)cc2)CC1. The monoisotopic (exact) mass is 422 g/mol. The van der Waals surface area contributed by atoms with Crippen LogP contribution in [-0.2, 0) is 0 Å². The van der Waals surface area contributed by atoms with Gasteiger partial charge in [-0.2, -0.15) is 9.78 Å². The van der Waals surface area contributed by atoms with Crippen molar-refractivity contribution in [1.29, 1.82) is 0 Å². The summed E-state index contributed by atoms with van der Waals surface area (Å²) in [5.41, 5.74) is 2.13. The van der Waals surface area contributed by atoms with Crippen LogP contribution >= 0.6 is 0 Å². The van der Waals surface area contributed by atoms with Gasteiger partial charge >= 0.3 is 0 Å². The molecule has 0 atom stereocenters. The van der Waals surface area contributed by atoms with Crippen molar-refractivity contribution in [2.24, 2.45) is 0 Å². The molecule has 1 amide bonds. The van der Waals surface area contributed by atoms with Crippen LogP contribution in [0, 0.1) is 12.7 Å². The third-order valence-corrected chi connectivity index (χ3v) is 5.42. The Morgan fingerprint density at radius 2 is 1.71 bits per heavy atom. The van der Waals surface area contributed by atoms with Gasteiger partial charge in [-0.3, -0.25) is 9.59 Å². The highest BCUT2D eigenvalue weighted by Crippen LogP contribution is 2.21. The molecule has 1 aliphatic heterocycles. The number of benzene rings is 2. The maximum absolute atomic E-state index is 13.2. The second-order valence-electron chi connectivity index (χ2n) is 7.35. The minimum atomic E-state index is -0.371. The van der Waals surface area contributed by atoms with Crippen molar-refractivity contribution >= 4 is 11.6 Å². The average Bonchev–Trinajstić information content (AvgIpc) is 2.79. The fourth-order valence-electron chi connectivity index (χ4n) is 3.69. The van der Waals surface area contributed by atoms with Crippen LogP contribution in [-0.4, -0.2) is 53.9 Å². The predicted molar refractivity (Wildman–Crippen MR) is 116 cm³/mol. The molecule has 1 aromatic heterocycles. The molecule has 0 bridgehead atoms. The van der Waals surface area contributed by atoms with E-state index in [1.807, 2.05) is 25.1 Å². The number of piperazine rings is 1. The number of methoxy groups -OCH3 is 1. The second-order valence-corrected chi connectivity index (χ2v) is 7.35. The molecule has 0 unspecified atom stereocenters. The number of hydrogen-bond acceptors (Lipinski definition) is 5. The first-order chi connectivity index (χ1) is 15.0. The highest BCUT2D eigenvalue weighted by atomic mass is 19.1. The quantitative estimate of drug-likeness (QED) is 0.647. The summed E-state index contributed by atoms with van der Waals surface area (Å²) < 4.78 is 19.7. The Kier molecular flexibility index (Phi) is 5.70. The molecule has 0 saturated carbocycles. The van der Waals surface area contributed by atoms with Crippen molar-refractivity contribution in [2.45, 2.75) is 6.92 Å². The van der Waals surface area contributed by atoms with Gasteiger partial charge in [-0.15, -0.1) is 0 Å². The molecule has 1 aliphatic rings. The molecule has 160 valence electrons. The van der Waals surface area contributed by atoms with Crippen molar-refractivity contribution in [3.05, 3.63) is 82.0 Å². The number of halogens is 1. The molecule has 2 heterocycles. The van der Waals surface area contributed by atoms with Crippen LogP contribution in [0.2, 0.25) is 0 Å². The number of carbonyl (C=O) groups is 1.